The molecule has 122 valence electrons. The molecule has 1 atom stereocenters. The summed E-state index contributed by atoms with van der Waals surface area (Å²) in [5.74, 6) is -2.28. The molecule has 0 amide bonds. The first-order valence-corrected chi connectivity index (χ1v) is 7.43. The van der Waals surface area contributed by atoms with Crippen LogP contribution in [-0.2, 0) is 9.53 Å². The summed E-state index contributed by atoms with van der Waals surface area (Å²) in [4.78, 5) is 23.5. The third-order valence-corrected chi connectivity index (χ3v) is 3.55. The third-order valence-electron chi connectivity index (χ3n) is 3.21. The summed E-state index contributed by atoms with van der Waals surface area (Å²) in [5, 5.41) is -0.206. The molecule has 0 aliphatic rings. The van der Waals surface area contributed by atoms with Crippen molar-refractivity contribution < 1.29 is 23.5 Å². The van der Waals surface area contributed by atoms with E-state index in [-0.39, 0.29) is 22.8 Å². The van der Waals surface area contributed by atoms with Gasteiger partial charge in [0.2, 0.25) is 0 Å². The van der Waals surface area contributed by atoms with Gasteiger partial charge in [-0.1, -0.05) is 25.4 Å². The van der Waals surface area contributed by atoms with Crippen molar-refractivity contribution >= 4 is 23.4 Å². The molecule has 1 aromatic carbocycles. The molecule has 0 bridgehead atoms. The second kappa shape index (κ2) is 8.13. The van der Waals surface area contributed by atoms with Gasteiger partial charge in [-0.05, 0) is 25.0 Å². The van der Waals surface area contributed by atoms with E-state index in [0.29, 0.717) is 12.2 Å². The average Bonchev–Trinajstić information content (AvgIpc) is 2.49. The van der Waals surface area contributed by atoms with Gasteiger partial charge in [0.05, 0.1) is 25.7 Å². The van der Waals surface area contributed by atoms with Crippen molar-refractivity contribution in [2.45, 2.75) is 33.6 Å². The molecule has 1 aromatic rings. The van der Waals surface area contributed by atoms with Crippen LogP contribution in [0.1, 0.15) is 42.6 Å². The number of aryl methyl sites for hydroxylation is 1. The van der Waals surface area contributed by atoms with E-state index in [0.717, 1.165) is 6.42 Å². The number of ketones is 1. The van der Waals surface area contributed by atoms with Crippen LogP contribution in [0.5, 0.6) is 5.75 Å². The Balaban J connectivity index is 3.10. The summed E-state index contributed by atoms with van der Waals surface area (Å²) in [6, 6.07) is 1.41. The predicted molar refractivity (Wildman–Crippen MR) is 82.1 cm³/mol. The fourth-order valence-corrected chi connectivity index (χ4v) is 2.29. The van der Waals surface area contributed by atoms with Crippen LogP contribution in [0.4, 0.5) is 4.39 Å². The summed E-state index contributed by atoms with van der Waals surface area (Å²) in [6.07, 6.45) is 0.647. The molecule has 1 rings (SSSR count). The summed E-state index contributed by atoms with van der Waals surface area (Å²) < 4.78 is 24.3. The molecule has 0 aliphatic carbocycles. The number of rotatable bonds is 7. The molecule has 0 heterocycles. The number of carbonyl (C=O) groups excluding carboxylic acids is 2. The maximum Gasteiger partial charge on any atom is 0.306 e. The first-order valence-electron chi connectivity index (χ1n) is 7.05. The molecule has 0 aromatic heterocycles. The van der Waals surface area contributed by atoms with Crippen LogP contribution in [0.15, 0.2) is 6.07 Å². The molecular formula is C16H20ClFO4. The maximum absolute atomic E-state index is 14.4. The van der Waals surface area contributed by atoms with Gasteiger partial charge in [-0.2, -0.15) is 0 Å². The number of carbonyl (C=O) groups is 2. The standard InChI is InChI=1S/C16H20ClFO4/c1-5-6-22-16-10(3)7-11(14(18)13(16)17)15(20)9(2)8-12(19)21-4/h7,9H,5-6,8H2,1-4H3. The smallest absolute Gasteiger partial charge is 0.306 e. The molecule has 0 saturated heterocycles. The van der Waals surface area contributed by atoms with Gasteiger partial charge in [-0.25, -0.2) is 4.39 Å². The lowest BCUT2D eigenvalue weighted by molar-refractivity contribution is -0.141. The van der Waals surface area contributed by atoms with E-state index in [9.17, 15) is 14.0 Å². The highest BCUT2D eigenvalue weighted by Gasteiger charge is 2.25. The highest BCUT2D eigenvalue weighted by molar-refractivity contribution is 6.32. The summed E-state index contributed by atoms with van der Waals surface area (Å²) >= 11 is 5.98. The lowest BCUT2D eigenvalue weighted by Crippen LogP contribution is -2.18. The van der Waals surface area contributed by atoms with Crippen molar-refractivity contribution in [2.24, 2.45) is 5.92 Å². The average molecular weight is 331 g/mol. The SMILES string of the molecule is CCCOc1c(C)cc(C(=O)C(C)CC(=O)OC)c(F)c1Cl. The zero-order valence-electron chi connectivity index (χ0n) is 13.2. The lowest BCUT2D eigenvalue weighted by Gasteiger charge is -2.15. The van der Waals surface area contributed by atoms with Crippen LogP contribution in [-0.4, -0.2) is 25.5 Å². The van der Waals surface area contributed by atoms with Gasteiger partial charge < -0.3 is 9.47 Å². The summed E-state index contributed by atoms with van der Waals surface area (Å²) in [7, 11) is 1.24. The van der Waals surface area contributed by atoms with E-state index < -0.39 is 23.5 Å². The van der Waals surface area contributed by atoms with Crippen molar-refractivity contribution in [2.75, 3.05) is 13.7 Å². The number of esters is 1. The molecule has 0 aliphatic heterocycles. The van der Waals surface area contributed by atoms with Gasteiger partial charge >= 0.3 is 5.97 Å². The molecule has 4 nitrogen and oxygen atoms in total. The van der Waals surface area contributed by atoms with Gasteiger partial charge in [0.15, 0.2) is 11.6 Å². The van der Waals surface area contributed by atoms with Crippen molar-refractivity contribution in [3.8, 4) is 5.75 Å². The predicted octanol–water partition coefficient (Wildman–Crippen LogP) is 3.96. The van der Waals surface area contributed by atoms with E-state index in [1.165, 1.54) is 13.2 Å². The highest BCUT2D eigenvalue weighted by Crippen LogP contribution is 2.34. The Labute approximate surface area is 134 Å². The number of halogens is 2. The van der Waals surface area contributed by atoms with Crippen LogP contribution in [0.3, 0.4) is 0 Å². The van der Waals surface area contributed by atoms with Crippen LogP contribution < -0.4 is 4.74 Å². The van der Waals surface area contributed by atoms with Crippen molar-refractivity contribution in [1.29, 1.82) is 0 Å². The second-order valence-electron chi connectivity index (χ2n) is 5.09. The topological polar surface area (TPSA) is 52.6 Å². The second-order valence-corrected chi connectivity index (χ2v) is 5.47. The first kappa shape index (κ1) is 18.4. The minimum Gasteiger partial charge on any atom is -0.492 e. The zero-order chi connectivity index (χ0) is 16.9. The van der Waals surface area contributed by atoms with Gasteiger partial charge in [-0.15, -0.1) is 0 Å². The molecule has 1 unspecified atom stereocenters. The minimum atomic E-state index is -0.819. The van der Waals surface area contributed by atoms with Crippen molar-refractivity contribution in [3.63, 3.8) is 0 Å². The molecule has 6 heteroatoms. The fraction of sp³-hybridized carbons (Fsp3) is 0.500. The van der Waals surface area contributed by atoms with Gasteiger partial charge in [0.1, 0.15) is 10.8 Å². The molecular weight excluding hydrogens is 311 g/mol. The molecule has 0 N–H and O–H groups in total. The van der Waals surface area contributed by atoms with Crippen molar-refractivity contribution in [3.05, 3.63) is 28.0 Å². The first-order chi connectivity index (χ1) is 10.3. The Hall–Kier alpha value is -1.62. The van der Waals surface area contributed by atoms with E-state index in [1.807, 2.05) is 6.92 Å². The van der Waals surface area contributed by atoms with Crippen LogP contribution in [0, 0.1) is 18.7 Å². The number of ether oxygens (including phenoxy) is 2. The lowest BCUT2D eigenvalue weighted by atomic mass is 9.94. The Kier molecular flexibility index (Phi) is 6.81. The zero-order valence-corrected chi connectivity index (χ0v) is 13.9. The monoisotopic (exact) mass is 330 g/mol. The van der Waals surface area contributed by atoms with Gasteiger partial charge in [0.25, 0.3) is 0 Å². The van der Waals surface area contributed by atoms with E-state index >= 15 is 0 Å². The molecule has 0 spiro atoms. The minimum absolute atomic E-state index is 0.112. The maximum atomic E-state index is 14.4. The van der Waals surface area contributed by atoms with E-state index in [1.54, 1.807) is 13.8 Å². The van der Waals surface area contributed by atoms with E-state index in [2.05, 4.69) is 4.74 Å². The summed E-state index contributed by atoms with van der Waals surface area (Å²) in [5.41, 5.74) is 0.441. The van der Waals surface area contributed by atoms with E-state index in [4.69, 9.17) is 16.3 Å². The Morgan fingerprint density at radius 2 is 2.05 bits per heavy atom. The van der Waals surface area contributed by atoms with Crippen LogP contribution in [0.25, 0.3) is 0 Å². The number of Topliss-reactive ketones (excluding diaryl/α,β-unsaturated/α-hetero) is 1. The Bertz CT molecular complexity index is 572. The molecule has 0 saturated carbocycles. The third kappa shape index (κ3) is 4.19. The number of benzene rings is 1. The molecule has 0 radical (unpaired) electrons. The fourth-order valence-electron chi connectivity index (χ4n) is 1.99. The van der Waals surface area contributed by atoms with Crippen LogP contribution in [0.2, 0.25) is 5.02 Å². The largest absolute Gasteiger partial charge is 0.492 e. The van der Waals surface area contributed by atoms with Crippen molar-refractivity contribution in [1.82, 2.24) is 0 Å². The number of hydrogen-bond donors (Lipinski definition) is 0. The highest BCUT2D eigenvalue weighted by atomic mass is 35.5. The quantitative estimate of drug-likeness (QED) is 0.561. The Morgan fingerprint density at radius 1 is 1.41 bits per heavy atom. The molecule has 22 heavy (non-hydrogen) atoms. The normalized spacial score (nSPS) is 11.9. The van der Waals surface area contributed by atoms with Gasteiger partial charge in [0, 0.05) is 5.92 Å². The summed E-state index contributed by atoms with van der Waals surface area (Å²) in [6.45, 7) is 5.57. The van der Waals surface area contributed by atoms with Crippen LogP contribution >= 0.6 is 11.6 Å². The molecule has 0 fully saturated rings. The number of hydrogen-bond acceptors (Lipinski definition) is 4. The van der Waals surface area contributed by atoms with Gasteiger partial charge in [-0.3, -0.25) is 9.59 Å². The number of methoxy groups -OCH3 is 1. The Morgan fingerprint density at radius 3 is 2.59 bits per heavy atom.